The van der Waals surface area contributed by atoms with Crippen molar-refractivity contribution in [2.45, 2.75) is 24.5 Å². The van der Waals surface area contributed by atoms with Crippen LogP contribution in [-0.4, -0.2) is 62.4 Å². The van der Waals surface area contributed by atoms with Gasteiger partial charge in [-0.05, 0) is 6.08 Å². The Hall–Kier alpha value is -1.45. The van der Waals surface area contributed by atoms with E-state index in [9.17, 15) is 10.2 Å². The zero-order valence-corrected chi connectivity index (χ0v) is 9.47. The molecule has 1 fully saturated rings. The second-order valence-electron chi connectivity index (χ2n) is 3.98. The normalized spacial score (nSPS) is 35.9. The molecule has 1 unspecified atom stereocenters. The van der Waals surface area contributed by atoms with Crippen LogP contribution < -0.4 is 5.48 Å². The molecular formula is C10H15N3O5. The van der Waals surface area contributed by atoms with Gasteiger partial charge in [0.15, 0.2) is 12.1 Å². The van der Waals surface area contributed by atoms with Crippen LogP contribution in [0.2, 0.25) is 0 Å². The number of rotatable bonds is 2. The van der Waals surface area contributed by atoms with Gasteiger partial charge in [0.25, 0.3) is 0 Å². The van der Waals surface area contributed by atoms with E-state index in [0.29, 0.717) is 0 Å². The SMILES string of the molecule is C=C1N=C(NO)C=CN1[C@@H]1O[C@H](CO)C(O)[C@@H]1O. The lowest BCUT2D eigenvalue weighted by molar-refractivity contribution is -0.0693. The minimum absolute atomic E-state index is 0.197. The van der Waals surface area contributed by atoms with Crippen molar-refractivity contribution < 1.29 is 25.3 Å². The summed E-state index contributed by atoms with van der Waals surface area (Å²) >= 11 is 0. The molecule has 0 aromatic heterocycles. The van der Waals surface area contributed by atoms with E-state index in [1.165, 1.54) is 17.2 Å². The first kappa shape index (κ1) is 13.0. The minimum atomic E-state index is -1.19. The van der Waals surface area contributed by atoms with Crippen molar-refractivity contribution in [3.8, 4) is 0 Å². The van der Waals surface area contributed by atoms with Crippen LogP contribution in [0, 0.1) is 0 Å². The fourth-order valence-corrected chi connectivity index (χ4v) is 1.87. The summed E-state index contributed by atoms with van der Waals surface area (Å²) in [5, 5.41) is 37.2. The Bertz CT molecular complexity index is 397. The second-order valence-corrected chi connectivity index (χ2v) is 3.98. The lowest BCUT2D eigenvalue weighted by Gasteiger charge is -2.30. The first-order valence-electron chi connectivity index (χ1n) is 5.35. The van der Waals surface area contributed by atoms with Gasteiger partial charge >= 0.3 is 0 Å². The third kappa shape index (κ3) is 2.11. The Balaban J connectivity index is 2.13. The Labute approximate surface area is 103 Å². The van der Waals surface area contributed by atoms with Crippen LogP contribution in [-0.2, 0) is 4.74 Å². The fourth-order valence-electron chi connectivity index (χ4n) is 1.87. The van der Waals surface area contributed by atoms with Crippen molar-refractivity contribution in [2.24, 2.45) is 4.99 Å². The summed E-state index contributed by atoms with van der Waals surface area (Å²) < 4.78 is 5.33. The van der Waals surface area contributed by atoms with E-state index >= 15 is 0 Å². The van der Waals surface area contributed by atoms with Crippen LogP contribution in [0.5, 0.6) is 0 Å². The number of ether oxygens (including phenoxy) is 1. The van der Waals surface area contributed by atoms with Gasteiger partial charge in [-0.3, -0.25) is 10.7 Å². The largest absolute Gasteiger partial charge is 0.394 e. The quantitative estimate of drug-likeness (QED) is 0.367. The number of aliphatic imine (C=N–C) groups is 1. The first-order valence-corrected chi connectivity index (χ1v) is 5.35. The minimum Gasteiger partial charge on any atom is -0.394 e. The highest BCUT2D eigenvalue weighted by Gasteiger charge is 2.45. The van der Waals surface area contributed by atoms with E-state index in [4.69, 9.17) is 15.1 Å². The zero-order chi connectivity index (χ0) is 13.3. The maximum Gasteiger partial charge on any atom is 0.164 e. The topological polar surface area (TPSA) is 118 Å². The van der Waals surface area contributed by atoms with Crippen LogP contribution in [0.25, 0.3) is 0 Å². The molecular weight excluding hydrogens is 242 g/mol. The van der Waals surface area contributed by atoms with Gasteiger partial charge in [-0.15, -0.1) is 0 Å². The molecule has 0 radical (unpaired) electrons. The number of nitrogens with one attached hydrogen (secondary N) is 1. The summed E-state index contributed by atoms with van der Waals surface area (Å²) in [4.78, 5) is 5.31. The molecule has 8 nitrogen and oxygen atoms in total. The first-order chi connectivity index (χ1) is 8.58. The molecule has 0 aliphatic carbocycles. The molecule has 18 heavy (non-hydrogen) atoms. The van der Waals surface area contributed by atoms with Crippen LogP contribution in [0.15, 0.2) is 29.7 Å². The fraction of sp³-hybridized carbons (Fsp3) is 0.500. The predicted octanol–water partition coefficient (Wildman–Crippen LogP) is -1.90. The average molecular weight is 257 g/mol. The molecule has 0 spiro atoms. The smallest absolute Gasteiger partial charge is 0.164 e. The van der Waals surface area contributed by atoms with E-state index in [2.05, 4.69) is 11.6 Å². The lowest BCUT2D eigenvalue weighted by Crippen LogP contribution is -2.42. The summed E-state index contributed by atoms with van der Waals surface area (Å²) in [5.41, 5.74) is 1.87. The van der Waals surface area contributed by atoms with Crippen LogP contribution in [0.4, 0.5) is 0 Å². The summed E-state index contributed by atoms with van der Waals surface area (Å²) in [6.07, 6.45) is -1.17. The standard InChI is InChI=1S/C10H15N3O5/c1-5-11-7(12-17)2-3-13(5)10-9(16)8(15)6(4-14)18-10/h2-3,6,8-10,14-17H,1,4H2,(H,11,12)/t6-,8?,9+,10-/m1/s1. The lowest BCUT2D eigenvalue weighted by atomic mass is 10.1. The Morgan fingerprint density at radius 3 is 2.67 bits per heavy atom. The van der Waals surface area contributed by atoms with E-state index in [0.717, 1.165) is 0 Å². The molecule has 1 saturated heterocycles. The Morgan fingerprint density at radius 2 is 2.17 bits per heavy atom. The van der Waals surface area contributed by atoms with Gasteiger partial charge in [0.05, 0.1) is 6.61 Å². The molecule has 4 atom stereocenters. The molecule has 100 valence electrons. The highest BCUT2D eigenvalue weighted by Crippen LogP contribution is 2.27. The van der Waals surface area contributed by atoms with Gasteiger partial charge in [-0.25, -0.2) is 4.99 Å². The van der Waals surface area contributed by atoms with Crippen molar-refractivity contribution in [3.63, 3.8) is 0 Å². The number of aliphatic hydroxyl groups excluding tert-OH is 3. The third-order valence-corrected chi connectivity index (χ3v) is 2.85. The summed E-state index contributed by atoms with van der Waals surface area (Å²) in [6.45, 7) is 3.25. The second kappa shape index (κ2) is 5.04. The average Bonchev–Trinajstić information content (AvgIpc) is 2.66. The molecule has 2 rings (SSSR count). The number of hydrogen-bond acceptors (Lipinski definition) is 8. The van der Waals surface area contributed by atoms with Gasteiger partial charge in [0, 0.05) is 6.20 Å². The van der Waals surface area contributed by atoms with Gasteiger partial charge < -0.3 is 25.0 Å². The Kier molecular flexibility index (Phi) is 3.64. The molecule has 2 aliphatic heterocycles. The predicted molar refractivity (Wildman–Crippen MR) is 60.2 cm³/mol. The van der Waals surface area contributed by atoms with Gasteiger partial charge in [-0.1, -0.05) is 6.58 Å². The summed E-state index contributed by atoms with van der Waals surface area (Å²) in [7, 11) is 0. The highest BCUT2D eigenvalue weighted by atomic mass is 16.6. The molecule has 2 aliphatic rings. The van der Waals surface area contributed by atoms with Gasteiger partial charge in [-0.2, -0.15) is 0 Å². The molecule has 0 saturated carbocycles. The van der Waals surface area contributed by atoms with Crippen molar-refractivity contribution in [1.29, 1.82) is 0 Å². The molecule has 0 aromatic carbocycles. The summed E-state index contributed by atoms with van der Waals surface area (Å²) in [6, 6.07) is 0. The van der Waals surface area contributed by atoms with Crippen LogP contribution in [0.3, 0.4) is 0 Å². The van der Waals surface area contributed by atoms with E-state index < -0.39 is 31.1 Å². The summed E-state index contributed by atoms with van der Waals surface area (Å²) in [5.74, 6) is 0.423. The molecule has 2 heterocycles. The zero-order valence-electron chi connectivity index (χ0n) is 9.47. The van der Waals surface area contributed by atoms with Crippen molar-refractivity contribution in [1.82, 2.24) is 10.4 Å². The van der Waals surface area contributed by atoms with Crippen LogP contribution in [0.1, 0.15) is 0 Å². The van der Waals surface area contributed by atoms with E-state index in [1.807, 2.05) is 5.48 Å². The van der Waals surface area contributed by atoms with Crippen molar-refractivity contribution in [2.75, 3.05) is 6.61 Å². The highest BCUT2D eigenvalue weighted by molar-refractivity contribution is 5.93. The van der Waals surface area contributed by atoms with Crippen molar-refractivity contribution in [3.05, 3.63) is 24.7 Å². The van der Waals surface area contributed by atoms with Crippen molar-refractivity contribution >= 4 is 5.84 Å². The maximum atomic E-state index is 9.84. The number of hydrogen-bond donors (Lipinski definition) is 5. The van der Waals surface area contributed by atoms with Gasteiger partial charge in [0.1, 0.15) is 24.1 Å². The molecule has 5 N–H and O–H groups in total. The third-order valence-electron chi connectivity index (χ3n) is 2.85. The maximum absolute atomic E-state index is 9.84. The molecule has 8 heteroatoms. The monoisotopic (exact) mass is 257 g/mol. The number of nitrogens with zero attached hydrogens (tertiary/aromatic N) is 2. The number of amidine groups is 1. The molecule has 0 bridgehead atoms. The molecule has 0 amide bonds. The van der Waals surface area contributed by atoms with Crippen LogP contribution >= 0.6 is 0 Å². The Morgan fingerprint density at radius 1 is 1.44 bits per heavy atom. The van der Waals surface area contributed by atoms with Gasteiger partial charge in [0.2, 0.25) is 0 Å². The van der Waals surface area contributed by atoms with E-state index in [-0.39, 0.29) is 11.7 Å². The van der Waals surface area contributed by atoms with E-state index in [1.54, 1.807) is 0 Å². The molecule has 0 aromatic rings. The number of hydroxylamine groups is 1. The number of aliphatic hydroxyl groups is 3.